The molecular weight excluding hydrogens is 772 g/mol. The molecule has 302 valence electrons. The SMILES string of the molecule is CC(C)(C)[Si](C)(C)OC1Cc2ccccc2[C@@H]1NC(=O)CN1C(=O)c2cc(-c3nc(NC4CCOCC4)ncc3Cl)ccc2C1CCN1C(=O)c2ccccc2C1=O. The lowest BCUT2D eigenvalue weighted by Crippen LogP contribution is -2.48. The van der Waals surface area contributed by atoms with E-state index in [4.69, 9.17) is 25.7 Å². The average molecular weight is 821 g/mol. The maximum Gasteiger partial charge on any atom is 0.261 e. The van der Waals surface area contributed by atoms with E-state index in [2.05, 4.69) is 55.5 Å². The molecule has 0 radical (unpaired) electrons. The van der Waals surface area contributed by atoms with Crippen molar-refractivity contribution in [3.05, 3.63) is 111 Å². The first-order chi connectivity index (χ1) is 27.7. The van der Waals surface area contributed by atoms with Gasteiger partial charge in [0, 0.05) is 43.3 Å². The Balaban J connectivity index is 1.08. The van der Waals surface area contributed by atoms with Crippen molar-refractivity contribution in [2.24, 2.45) is 0 Å². The van der Waals surface area contributed by atoms with Gasteiger partial charge >= 0.3 is 0 Å². The number of hydrogen-bond donors (Lipinski definition) is 2. The van der Waals surface area contributed by atoms with Crippen LogP contribution in [0.2, 0.25) is 23.2 Å². The minimum Gasteiger partial charge on any atom is -0.411 e. The van der Waals surface area contributed by atoms with Crippen LogP contribution in [0.25, 0.3) is 11.3 Å². The van der Waals surface area contributed by atoms with Crippen LogP contribution in [0, 0.1) is 0 Å². The number of ether oxygens (including phenoxy) is 1. The van der Waals surface area contributed by atoms with Crippen LogP contribution < -0.4 is 10.6 Å². The van der Waals surface area contributed by atoms with Gasteiger partial charge in [-0.15, -0.1) is 0 Å². The second kappa shape index (κ2) is 15.7. The van der Waals surface area contributed by atoms with Gasteiger partial charge in [0.25, 0.3) is 17.7 Å². The Morgan fingerprint density at radius 2 is 1.62 bits per heavy atom. The van der Waals surface area contributed by atoms with Crippen molar-refractivity contribution in [2.45, 2.75) is 88.8 Å². The predicted octanol–water partition coefficient (Wildman–Crippen LogP) is 7.38. The van der Waals surface area contributed by atoms with Gasteiger partial charge in [-0.25, -0.2) is 9.97 Å². The highest BCUT2D eigenvalue weighted by Gasteiger charge is 2.45. The van der Waals surface area contributed by atoms with E-state index in [0.717, 1.165) is 24.0 Å². The lowest BCUT2D eigenvalue weighted by atomic mass is 9.98. The molecule has 58 heavy (non-hydrogen) atoms. The van der Waals surface area contributed by atoms with E-state index < -0.39 is 20.4 Å². The molecular formula is C44H49ClN6O6Si. The molecule has 1 aliphatic carbocycles. The number of hydrogen-bond acceptors (Lipinski definition) is 9. The summed E-state index contributed by atoms with van der Waals surface area (Å²) in [5.41, 5.74) is 5.02. The smallest absolute Gasteiger partial charge is 0.261 e. The number of aromatic nitrogens is 2. The van der Waals surface area contributed by atoms with Gasteiger partial charge in [-0.2, -0.15) is 0 Å². The third-order valence-electron chi connectivity index (χ3n) is 12.4. The molecule has 2 unspecified atom stereocenters. The average Bonchev–Trinajstić information content (AvgIpc) is 3.76. The number of nitrogens with one attached hydrogen (secondary N) is 2. The van der Waals surface area contributed by atoms with Gasteiger partial charge in [0.15, 0.2) is 8.32 Å². The molecule has 8 rings (SSSR count). The Bertz CT molecular complexity index is 2260. The zero-order chi connectivity index (χ0) is 40.9. The molecule has 14 heteroatoms. The van der Waals surface area contributed by atoms with Crippen LogP contribution in [0.3, 0.4) is 0 Å². The van der Waals surface area contributed by atoms with Crippen molar-refractivity contribution in [1.29, 1.82) is 0 Å². The Morgan fingerprint density at radius 1 is 0.931 bits per heavy atom. The molecule has 1 fully saturated rings. The van der Waals surface area contributed by atoms with Gasteiger partial charge in [0.1, 0.15) is 6.54 Å². The highest BCUT2D eigenvalue weighted by atomic mass is 35.5. The van der Waals surface area contributed by atoms with E-state index >= 15 is 0 Å². The maximum absolute atomic E-state index is 14.5. The van der Waals surface area contributed by atoms with Gasteiger partial charge in [0.2, 0.25) is 11.9 Å². The highest BCUT2D eigenvalue weighted by molar-refractivity contribution is 6.74. The van der Waals surface area contributed by atoms with Crippen molar-refractivity contribution in [1.82, 2.24) is 25.1 Å². The zero-order valence-corrected chi connectivity index (χ0v) is 35.3. The molecule has 3 aromatic carbocycles. The van der Waals surface area contributed by atoms with Crippen LogP contribution in [0.4, 0.5) is 5.95 Å². The summed E-state index contributed by atoms with van der Waals surface area (Å²) < 4.78 is 12.4. The number of carbonyl (C=O) groups is 4. The van der Waals surface area contributed by atoms with E-state index in [-0.39, 0.29) is 60.3 Å². The van der Waals surface area contributed by atoms with Crippen LogP contribution in [0.15, 0.2) is 72.9 Å². The van der Waals surface area contributed by atoms with E-state index in [1.807, 2.05) is 30.3 Å². The Kier molecular flexibility index (Phi) is 10.8. The number of rotatable bonds is 11. The monoisotopic (exact) mass is 820 g/mol. The van der Waals surface area contributed by atoms with Gasteiger partial charge in [-0.3, -0.25) is 24.1 Å². The minimum absolute atomic E-state index is 0.0332. The quantitative estimate of drug-likeness (QED) is 0.117. The molecule has 4 aliphatic rings. The van der Waals surface area contributed by atoms with Crippen LogP contribution in [-0.2, 0) is 20.4 Å². The van der Waals surface area contributed by atoms with Crippen LogP contribution in [0.1, 0.15) is 99.9 Å². The summed E-state index contributed by atoms with van der Waals surface area (Å²) in [5, 5.41) is 6.94. The molecule has 2 N–H and O–H groups in total. The number of amides is 4. The Hall–Kier alpha value is -4.95. The lowest BCUT2D eigenvalue weighted by molar-refractivity contribution is -0.123. The largest absolute Gasteiger partial charge is 0.411 e. The van der Waals surface area contributed by atoms with Crippen LogP contribution >= 0.6 is 11.6 Å². The summed E-state index contributed by atoms with van der Waals surface area (Å²) in [5.74, 6) is -0.993. The molecule has 0 bridgehead atoms. The second-order valence-electron chi connectivity index (χ2n) is 17.1. The lowest BCUT2D eigenvalue weighted by Gasteiger charge is -2.40. The molecule has 1 aromatic heterocycles. The van der Waals surface area contributed by atoms with Crippen LogP contribution in [0.5, 0.6) is 0 Å². The molecule has 4 heterocycles. The number of halogens is 1. The maximum atomic E-state index is 14.5. The number of carbonyl (C=O) groups excluding carboxylic acids is 4. The Morgan fingerprint density at radius 3 is 2.33 bits per heavy atom. The first-order valence-corrected chi connectivity index (χ1v) is 23.3. The number of anilines is 1. The van der Waals surface area contributed by atoms with Crippen molar-refractivity contribution in [2.75, 3.05) is 31.6 Å². The molecule has 3 aliphatic heterocycles. The summed E-state index contributed by atoms with van der Waals surface area (Å²) in [7, 11) is -2.22. The summed E-state index contributed by atoms with van der Waals surface area (Å²) in [6.45, 7) is 12.1. The number of imide groups is 1. The van der Waals surface area contributed by atoms with Crippen molar-refractivity contribution >= 4 is 49.5 Å². The van der Waals surface area contributed by atoms with Crippen molar-refractivity contribution < 1.29 is 28.3 Å². The topological polar surface area (TPSA) is 143 Å². The Labute approximate surface area is 344 Å². The molecule has 3 atom stereocenters. The fraction of sp³-hybridized carbons (Fsp3) is 0.409. The van der Waals surface area contributed by atoms with Gasteiger partial charge < -0.3 is 24.7 Å². The molecule has 0 spiro atoms. The standard InChI is InChI=1S/C44H49ClN6O6Si/c1-44(2,3)58(4,5)57-36-23-26-10-6-7-11-29(26)39(36)48-37(52)25-51-35(16-19-50-40(53)31-12-8-9-13-32(31)41(50)54)30-15-14-27(22-33(30)42(51)55)38-34(45)24-46-43(49-38)47-28-17-20-56-21-18-28/h6-15,22,24,28,35-36,39H,16-21,23,25H2,1-5H3,(H,48,52)(H,46,47,49)/t35?,36?,39-/m0/s1. The van der Waals surface area contributed by atoms with Gasteiger partial charge in [-0.05, 0) is 72.3 Å². The molecule has 12 nitrogen and oxygen atoms in total. The number of nitrogens with zero attached hydrogens (tertiary/aromatic N) is 4. The van der Waals surface area contributed by atoms with E-state index in [0.29, 0.717) is 64.1 Å². The van der Waals surface area contributed by atoms with E-state index in [9.17, 15) is 19.2 Å². The third kappa shape index (κ3) is 7.56. The second-order valence-corrected chi connectivity index (χ2v) is 22.3. The summed E-state index contributed by atoms with van der Waals surface area (Å²) >= 11 is 6.67. The summed E-state index contributed by atoms with van der Waals surface area (Å²) in [6.07, 6.45) is 3.85. The van der Waals surface area contributed by atoms with E-state index in [1.165, 1.54) is 4.90 Å². The van der Waals surface area contributed by atoms with Crippen LogP contribution in [-0.4, -0.2) is 90.2 Å². The molecule has 0 saturated carbocycles. The molecule has 4 aromatic rings. The number of benzene rings is 3. The fourth-order valence-corrected chi connectivity index (χ4v) is 9.79. The zero-order valence-electron chi connectivity index (χ0n) is 33.5. The van der Waals surface area contributed by atoms with Gasteiger partial charge in [-0.1, -0.05) is 80.9 Å². The normalized spacial score (nSPS) is 20.7. The van der Waals surface area contributed by atoms with Crippen molar-refractivity contribution in [3.8, 4) is 11.3 Å². The predicted molar refractivity (Wildman–Crippen MR) is 223 cm³/mol. The highest BCUT2D eigenvalue weighted by Crippen LogP contribution is 2.43. The van der Waals surface area contributed by atoms with E-state index in [1.54, 1.807) is 41.4 Å². The fourth-order valence-electron chi connectivity index (χ4n) is 8.26. The third-order valence-corrected chi connectivity index (χ3v) is 17.2. The first kappa shape index (κ1) is 39.9. The molecule has 1 saturated heterocycles. The van der Waals surface area contributed by atoms with Gasteiger partial charge in [0.05, 0.1) is 46.2 Å². The van der Waals surface area contributed by atoms with Crippen molar-refractivity contribution in [3.63, 3.8) is 0 Å². The first-order valence-electron chi connectivity index (χ1n) is 20.0. The summed E-state index contributed by atoms with van der Waals surface area (Å²) in [4.78, 5) is 67.4. The summed E-state index contributed by atoms with van der Waals surface area (Å²) in [6, 6.07) is 19.5. The molecule has 4 amide bonds. The number of fused-ring (bicyclic) bond motifs is 3. The minimum atomic E-state index is -2.22.